The van der Waals surface area contributed by atoms with E-state index in [-0.39, 0.29) is 11.3 Å². The van der Waals surface area contributed by atoms with Gasteiger partial charge >= 0.3 is 0 Å². The van der Waals surface area contributed by atoms with Gasteiger partial charge in [0.2, 0.25) is 5.78 Å². The highest BCUT2D eigenvalue weighted by molar-refractivity contribution is 6.06. The zero-order chi connectivity index (χ0) is 11.6. The highest BCUT2D eigenvalue weighted by Gasteiger charge is 2.26. The summed E-state index contributed by atoms with van der Waals surface area (Å²) in [6.07, 6.45) is 0. The van der Waals surface area contributed by atoms with Crippen molar-refractivity contribution < 1.29 is 13.6 Å². The average molecular weight is 211 g/mol. The maximum absolute atomic E-state index is 12.9. The van der Waals surface area contributed by atoms with E-state index in [2.05, 4.69) is 11.6 Å². The van der Waals surface area contributed by atoms with E-state index in [1.54, 1.807) is 0 Å². The molecule has 0 bridgehead atoms. The number of alkyl halides is 2. The Balaban J connectivity index is 3.14. The molecule has 80 valence electrons. The van der Waals surface area contributed by atoms with E-state index in [0.717, 1.165) is 6.92 Å². The van der Waals surface area contributed by atoms with Crippen LogP contribution in [-0.4, -0.2) is 10.8 Å². The molecule has 0 atom stereocenters. The number of carbonyl (C=O) groups is 1. The van der Waals surface area contributed by atoms with Gasteiger partial charge in [0.25, 0.3) is 5.92 Å². The lowest BCUT2D eigenvalue weighted by Gasteiger charge is -2.10. The summed E-state index contributed by atoms with van der Waals surface area (Å²) in [7, 11) is 0. The van der Waals surface area contributed by atoms with Crippen LogP contribution < -0.4 is 0 Å². The van der Waals surface area contributed by atoms with Crippen LogP contribution in [0.15, 0.2) is 30.4 Å². The lowest BCUT2D eigenvalue weighted by Crippen LogP contribution is -2.13. The minimum atomic E-state index is -3.04. The number of ketones is 1. The Morgan fingerprint density at radius 1 is 1.47 bits per heavy atom. The number of aromatic nitrogens is 1. The predicted molar refractivity (Wildman–Crippen MR) is 52.9 cm³/mol. The third-order valence-corrected chi connectivity index (χ3v) is 1.82. The van der Waals surface area contributed by atoms with Gasteiger partial charge < -0.3 is 0 Å². The van der Waals surface area contributed by atoms with Gasteiger partial charge in [-0.2, -0.15) is 8.78 Å². The SMILES string of the molecule is C=C(C)C(=O)c1cccc(C(C)(F)F)n1. The van der Waals surface area contributed by atoms with Crippen molar-refractivity contribution in [1.82, 2.24) is 4.98 Å². The number of hydrogen-bond acceptors (Lipinski definition) is 2. The van der Waals surface area contributed by atoms with Crippen LogP contribution in [0.1, 0.15) is 30.0 Å². The van der Waals surface area contributed by atoms with Gasteiger partial charge in [-0.1, -0.05) is 12.6 Å². The quantitative estimate of drug-likeness (QED) is 0.568. The van der Waals surface area contributed by atoms with Gasteiger partial charge in [-0.25, -0.2) is 4.98 Å². The highest BCUT2D eigenvalue weighted by Crippen LogP contribution is 2.25. The van der Waals surface area contributed by atoms with Crippen molar-refractivity contribution in [3.8, 4) is 0 Å². The number of rotatable bonds is 3. The topological polar surface area (TPSA) is 30.0 Å². The molecule has 4 heteroatoms. The van der Waals surface area contributed by atoms with Crippen molar-refractivity contribution in [3.63, 3.8) is 0 Å². The van der Waals surface area contributed by atoms with Crippen LogP contribution in [0, 0.1) is 0 Å². The maximum Gasteiger partial charge on any atom is 0.286 e. The summed E-state index contributed by atoms with van der Waals surface area (Å²) in [6, 6.07) is 3.97. The zero-order valence-electron chi connectivity index (χ0n) is 8.55. The number of allylic oxidation sites excluding steroid dienone is 1. The van der Waals surface area contributed by atoms with Crippen LogP contribution in [0.3, 0.4) is 0 Å². The van der Waals surface area contributed by atoms with E-state index in [4.69, 9.17) is 0 Å². The first-order valence-corrected chi connectivity index (χ1v) is 4.38. The molecule has 0 aromatic carbocycles. The molecule has 0 saturated heterocycles. The van der Waals surface area contributed by atoms with Crippen molar-refractivity contribution in [2.45, 2.75) is 19.8 Å². The Labute approximate surface area is 86.6 Å². The molecule has 0 aliphatic carbocycles. The largest absolute Gasteiger partial charge is 0.287 e. The molecule has 0 radical (unpaired) electrons. The van der Waals surface area contributed by atoms with Gasteiger partial charge in [-0.15, -0.1) is 0 Å². The molecular formula is C11H11F2NO. The van der Waals surface area contributed by atoms with Crippen molar-refractivity contribution in [2.75, 3.05) is 0 Å². The number of Topliss-reactive ketones (excluding diaryl/α,β-unsaturated/α-hetero) is 1. The second-order valence-corrected chi connectivity index (χ2v) is 3.41. The van der Waals surface area contributed by atoms with Crippen LogP contribution in [0.25, 0.3) is 0 Å². The predicted octanol–water partition coefficient (Wildman–Crippen LogP) is 2.95. The molecule has 15 heavy (non-hydrogen) atoms. The van der Waals surface area contributed by atoms with Crippen LogP contribution >= 0.6 is 0 Å². The summed E-state index contributed by atoms with van der Waals surface area (Å²) >= 11 is 0. The minimum Gasteiger partial charge on any atom is -0.287 e. The summed E-state index contributed by atoms with van der Waals surface area (Å²) < 4.78 is 25.8. The monoisotopic (exact) mass is 211 g/mol. The van der Waals surface area contributed by atoms with Gasteiger partial charge in [0, 0.05) is 6.92 Å². The van der Waals surface area contributed by atoms with Gasteiger partial charge in [-0.3, -0.25) is 4.79 Å². The maximum atomic E-state index is 12.9. The van der Waals surface area contributed by atoms with E-state index >= 15 is 0 Å². The molecule has 1 aromatic rings. The summed E-state index contributed by atoms with van der Waals surface area (Å²) in [5.41, 5.74) is -0.129. The Morgan fingerprint density at radius 2 is 2.07 bits per heavy atom. The summed E-state index contributed by atoms with van der Waals surface area (Å²) in [4.78, 5) is 15.0. The molecule has 0 saturated carbocycles. The molecule has 0 fully saturated rings. The first-order valence-electron chi connectivity index (χ1n) is 4.38. The van der Waals surface area contributed by atoms with E-state index in [1.165, 1.54) is 25.1 Å². The first kappa shape index (κ1) is 11.5. The molecule has 0 amide bonds. The highest BCUT2D eigenvalue weighted by atomic mass is 19.3. The average Bonchev–Trinajstić information content (AvgIpc) is 2.15. The van der Waals surface area contributed by atoms with Gasteiger partial charge in [0.1, 0.15) is 11.4 Å². The number of nitrogens with zero attached hydrogens (tertiary/aromatic N) is 1. The van der Waals surface area contributed by atoms with Gasteiger partial charge in [-0.05, 0) is 24.6 Å². The molecule has 2 nitrogen and oxygen atoms in total. The lowest BCUT2D eigenvalue weighted by atomic mass is 10.1. The van der Waals surface area contributed by atoms with Crippen LogP contribution in [0.2, 0.25) is 0 Å². The van der Waals surface area contributed by atoms with Crippen molar-refractivity contribution >= 4 is 5.78 Å². The normalized spacial score (nSPS) is 11.2. The molecule has 0 aliphatic heterocycles. The first-order chi connectivity index (χ1) is 6.82. The van der Waals surface area contributed by atoms with Crippen molar-refractivity contribution in [1.29, 1.82) is 0 Å². The number of halogens is 2. The van der Waals surface area contributed by atoms with E-state index in [0.29, 0.717) is 0 Å². The molecule has 0 aliphatic rings. The van der Waals surface area contributed by atoms with Gasteiger partial charge in [0.15, 0.2) is 0 Å². The third kappa shape index (κ3) is 2.68. The minimum absolute atomic E-state index is 0.00141. The standard InChI is InChI=1S/C11H11F2NO/c1-7(2)10(15)8-5-4-6-9(14-8)11(3,12)13/h4-6H,1H2,2-3H3. The van der Waals surface area contributed by atoms with E-state index < -0.39 is 17.4 Å². The summed E-state index contributed by atoms with van der Waals surface area (Å²) in [6.45, 7) is 5.70. The smallest absolute Gasteiger partial charge is 0.286 e. The molecule has 1 heterocycles. The molecule has 1 aromatic heterocycles. The molecule has 0 spiro atoms. The Bertz CT molecular complexity index is 407. The fraction of sp³-hybridized carbons (Fsp3) is 0.273. The molecule has 0 unspecified atom stereocenters. The summed E-state index contributed by atoms with van der Waals surface area (Å²) in [5.74, 6) is -3.45. The lowest BCUT2D eigenvalue weighted by molar-refractivity contribution is 0.0126. The number of pyridine rings is 1. The second kappa shape index (κ2) is 3.88. The molecular weight excluding hydrogens is 200 g/mol. The molecule has 0 N–H and O–H groups in total. The zero-order valence-corrected chi connectivity index (χ0v) is 8.55. The van der Waals surface area contributed by atoms with E-state index in [9.17, 15) is 13.6 Å². The summed E-state index contributed by atoms with van der Waals surface area (Å²) in [5, 5.41) is 0. The Morgan fingerprint density at radius 3 is 2.53 bits per heavy atom. The second-order valence-electron chi connectivity index (χ2n) is 3.41. The Kier molecular flexibility index (Phi) is 2.98. The van der Waals surface area contributed by atoms with Gasteiger partial charge in [0.05, 0.1) is 0 Å². The number of carbonyl (C=O) groups excluding carboxylic acids is 1. The van der Waals surface area contributed by atoms with Crippen LogP contribution in [0.4, 0.5) is 8.78 Å². The van der Waals surface area contributed by atoms with Crippen LogP contribution in [-0.2, 0) is 5.92 Å². The fourth-order valence-corrected chi connectivity index (χ4v) is 1.02. The number of hydrogen-bond donors (Lipinski definition) is 0. The fourth-order valence-electron chi connectivity index (χ4n) is 1.02. The van der Waals surface area contributed by atoms with Crippen LogP contribution in [0.5, 0.6) is 0 Å². The molecule has 1 rings (SSSR count). The van der Waals surface area contributed by atoms with E-state index in [1.807, 2.05) is 0 Å². The van der Waals surface area contributed by atoms with Crippen molar-refractivity contribution in [3.05, 3.63) is 41.7 Å². The Hall–Kier alpha value is -1.58. The van der Waals surface area contributed by atoms with Crippen molar-refractivity contribution in [2.24, 2.45) is 0 Å². The third-order valence-electron chi connectivity index (χ3n) is 1.82.